The second-order valence-electron chi connectivity index (χ2n) is 5.89. The monoisotopic (exact) mass is 421 g/mol. The summed E-state index contributed by atoms with van der Waals surface area (Å²) in [5.41, 5.74) is 1.90. The Bertz CT molecular complexity index is 915. The first-order chi connectivity index (χ1) is 13.0. The minimum absolute atomic E-state index is 0.00623. The summed E-state index contributed by atoms with van der Waals surface area (Å²) in [4.78, 5) is 18.2. The van der Waals surface area contributed by atoms with E-state index in [0.717, 1.165) is 16.9 Å². The molecular weight excluding hydrogens is 405 g/mol. The van der Waals surface area contributed by atoms with Gasteiger partial charge < -0.3 is 9.42 Å². The van der Waals surface area contributed by atoms with E-state index in [1.807, 2.05) is 36.4 Å². The van der Waals surface area contributed by atoms with E-state index < -0.39 is 0 Å². The van der Waals surface area contributed by atoms with Gasteiger partial charge in [-0.3, -0.25) is 4.79 Å². The summed E-state index contributed by atoms with van der Waals surface area (Å²) < 4.78 is 5.25. The highest BCUT2D eigenvalue weighted by atomic mass is 35.5. The first kappa shape index (κ1) is 19.7. The molecule has 0 atom stereocenters. The second-order valence-corrected chi connectivity index (χ2v) is 7.75. The van der Waals surface area contributed by atoms with Gasteiger partial charge in [-0.1, -0.05) is 40.5 Å². The van der Waals surface area contributed by atoms with Gasteiger partial charge in [-0.25, -0.2) is 0 Å². The van der Waals surface area contributed by atoms with Crippen molar-refractivity contribution in [2.45, 2.75) is 12.3 Å². The van der Waals surface area contributed by atoms with E-state index in [-0.39, 0.29) is 12.5 Å². The van der Waals surface area contributed by atoms with Gasteiger partial charge in [0.15, 0.2) is 0 Å². The Morgan fingerprint density at radius 3 is 2.67 bits per heavy atom. The number of amides is 1. The van der Waals surface area contributed by atoms with E-state index in [9.17, 15) is 4.79 Å². The van der Waals surface area contributed by atoms with Crippen LogP contribution in [0.25, 0.3) is 11.4 Å². The molecule has 0 unspecified atom stereocenters. The van der Waals surface area contributed by atoms with Gasteiger partial charge in [0, 0.05) is 28.4 Å². The lowest BCUT2D eigenvalue weighted by Crippen LogP contribution is -2.28. The zero-order valence-electron chi connectivity index (χ0n) is 14.6. The van der Waals surface area contributed by atoms with Crippen molar-refractivity contribution < 1.29 is 9.32 Å². The largest absolute Gasteiger partial charge is 0.337 e. The summed E-state index contributed by atoms with van der Waals surface area (Å²) >= 11 is 13.4. The number of rotatable bonds is 7. The summed E-state index contributed by atoms with van der Waals surface area (Å²) in [7, 11) is 1.72. The van der Waals surface area contributed by atoms with Crippen LogP contribution in [0.5, 0.6) is 0 Å². The molecule has 0 saturated heterocycles. The number of aromatic nitrogens is 2. The molecule has 27 heavy (non-hydrogen) atoms. The van der Waals surface area contributed by atoms with Gasteiger partial charge in [-0.2, -0.15) is 4.98 Å². The molecule has 1 aromatic heterocycles. The molecule has 0 aliphatic heterocycles. The van der Waals surface area contributed by atoms with Crippen LogP contribution in [0.15, 0.2) is 53.1 Å². The summed E-state index contributed by atoms with van der Waals surface area (Å²) in [6.45, 7) is 0.261. The van der Waals surface area contributed by atoms with Crippen LogP contribution in [0.1, 0.15) is 11.5 Å². The van der Waals surface area contributed by atoms with Crippen LogP contribution in [-0.2, 0) is 17.1 Å². The number of carbonyl (C=O) groups excluding carboxylic acids is 1. The average Bonchev–Trinajstić information content (AvgIpc) is 3.10. The fourth-order valence-electron chi connectivity index (χ4n) is 2.32. The number of benzene rings is 2. The Balaban J connectivity index is 1.50. The van der Waals surface area contributed by atoms with Crippen LogP contribution in [0, 0.1) is 0 Å². The molecule has 1 amide bonds. The third-order valence-corrected chi connectivity index (χ3v) is 5.23. The van der Waals surface area contributed by atoms with E-state index in [0.29, 0.717) is 27.5 Å². The predicted molar refractivity (Wildman–Crippen MR) is 109 cm³/mol. The van der Waals surface area contributed by atoms with Crippen molar-refractivity contribution in [3.05, 3.63) is 70.0 Å². The van der Waals surface area contributed by atoms with Gasteiger partial charge in [0.25, 0.3) is 0 Å². The molecule has 0 fully saturated rings. The highest BCUT2D eigenvalue weighted by Gasteiger charge is 2.15. The third-order valence-electron chi connectivity index (χ3n) is 3.75. The molecule has 140 valence electrons. The van der Waals surface area contributed by atoms with Gasteiger partial charge in [-0.15, -0.1) is 11.8 Å². The molecule has 0 aliphatic carbocycles. The predicted octanol–water partition coefficient (Wildman–Crippen LogP) is 4.94. The second kappa shape index (κ2) is 9.26. The molecule has 8 heteroatoms. The molecule has 0 aliphatic rings. The van der Waals surface area contributed by atoms with Gasteiger partial charge >= 0.3 is 0 Å². The lowest BCUT2D eigenvalue weighted by Gasteiger charge is -2.14. The quantitative estimate of drug-likeness (QED) is 0.540. The lowest BCUT2D eigenvalue weighted by atomic mass is 10.2. The van der Waals surface area contributed by atoms with Crippen molar-refractivity contribution >= 4 is 40.9 Å². The molecule has 3 rings (SSSR count). The summed E-state index contributed by atoms with van der Waals surface area (Å²) in [5.74, 6) is 1.93. The van der Waals surface area contributed by atoms with Crippen molar-refractivity contribution in [2.24, 2.45) is 0 Å². The summed E-state index contributed by atoms with van der Waals surface area (Å²) in [6.07, 6.45) is 0. The lowest BCUT2D eigenvalue weighted by molar-refractivity contribution is -0.127. The Hall–Kier alpha value is -2.02. The minimum Gasteiger partial charge on any atom is -0.337 e. The standard InChI is InChI=1S/C19H17Cl2N3O2S/c1-24(18(25)12-27-11-13-3-2-4-16(21)9-13)10-17-22-19(23-26-17)14-5-7-15(20)8-6-14/h2-9H,10-12H2,1H3. The normalized spacial score (nSPS) is 10.8. The number of thioether (sulfide) groups is 1. The maximum atomic E-state index is 12.3. The SMILES string of the molecule is CN(Cc1nc(-c2ccc(Cl)cc2)no1)C(=O)CSCc1cccc(Cl)c1. The summed E-state index contributed by atoms with van der Waals surface area (Å²) in [5, 5.41) is 5.29. The van der Waals surface area contributed by atoms with E-state index >= 15 is 0 Å². The van der Waals surface area contributed by atoms with Crippen LogP contribution in [0.2, 0.25) is 10.0 Å². The highest BCUT2D eigenvalue weighted by molar-refractivity contribution is 7.99. The highest BCUT2D eigenvalue weighted by Crippen LogP contribution is 2.20. The van der Waals surface area contributed by atoms with E-state index in [1.165, 1.54) is 11.8 Å². The van der Waals surface area contributed by atoms with Crippen LogP contribution in [0.3, 0.4) is 0 Å². The fourth-order valence-corrected chi connectivity index (χ4v) is 3.57. The summed E-state index contributed by atoms with van der Waals surface area (Å²) in [6, 6.07) is 14.8. The minimum atomic E-state index is -0.00623. The van der Waals surface area contributed by atoms with Crippen LogP contribution >= 0.6 is 35.0 Å². The Labute approximate surface area is 171 Å². The zero-order valence-corrected chi connectivity index (χ0v) is 16.9. The molecule has 0 N–H and O–H groups in total. The topological polar surface area (TPSA) is 59.2 Å². The Morgan fingerprint density at radius 2 is 1.93 bits per heavy atom. The van der Waals surface area contributed by atoms with E-state index in [4.69, 9.17) is 27.7 Å². The van der Waals surface area contributed by atoms with Crippen molar-refractivity contribution in [1.82, 2.24) is 15.0 Å². The average molecular weight is 422 g/mol. The molecule has 0 bridgehead atoms. The Kier molecular flexibility index (Phi) is 6.77. The molecule has 1 heterocycles. The van der Waals surface area contributed by atoms with Gasteiger partial charge in [0.1, 0.15) is 0 Å². The molecule has 2 aromatic carbocycles. The number of nitrogens with zero attached hydrogens (tertiary/aromatic N) is 3. The molecule has 0 radical (unpaired) electrons. The number of hydrogen-bond donors (Lipinski definition) is 0. The third kappa shape index (κ3) is 5.73. The van der Waals surface area contributed by atoms with Gasteiger partial charge in [0.2, 0.25) is 17.6 Å². The fraction of sp³-hybridized carbons (Fsp3) is 0.211. The van der Waals surface area contributed by atoms with Crippen molar-refractivity contribution in [1.29, 1.82) is 0 Å². The molecular formula is C19H17Cl2N3O2S. The molecule has 0 spiro atoms. The van der Waals surface area contributed by atoms with Gasteiger partial charge in [-0.05, 0) is 42.0 Å². The van der Waals surface area contributed by atoms with Crippen LogP contribution < -0.4 is 0 Å². The van der Waals surface area contributed by atoms with Crippen molar-refractivity contribution in [2.75, 3.05) is 12.8 Å². The zero-order chi connectivity index (χ0) is 19.2. The smallest absolute Gasteiger partial charge is 0.246 e. The van der Waals surface area contributed by atoms with Crippen LogP contribution in [0.4, 0.5) is 0 Å². The first-order valence-corrected chi connectivity index (χ1v) is 10.1. The molecule has 0 saturated carbocycles. The number of halogens is 2. The first-order valence-electron chi connectivity index (χ1n) is 8.16. The van der Waals surface area contributed by atoms with E-state index in [2.05, 4.69) is 10.1 Å². The van der Waals surface area contributed by atoms with Crippen LogP contribution in [-0.4, -0.2) is 33.7 Å². The van der Waals surface area contributed by atoms with Crippen molar-refractivity contribution in [3.63, 3.8) is 0 Å². The number of carbonyl (C=O) groups is 1. The Morgan fingerprint density at radius 1 is 1.15 bits per heavy atom. The maximum absolute atomic E-state index is 12.3. The maximum Gasteiger partial charge on any atom is 0.246 e. The molecule has 3 aromatic rings. The van der Waals surface area contributed by atoms with Crippen molar-refractivity contribution in [3.8, 4) is 11.4 Å². The molecule has 5 nitrogen and oxygen atoms in total. The number of hydrogen-bond acceptors (Lipinski definition) is 5. The van der Waals surface area contributed by atoms with Gasteiger partial charge in [0.05, 0.1) is 12.3 Å². The van der Waals surface area contributed by atoms with E-state index in [1.54, 1.807) is 24.1 Å².